The molecule has 0 unspecified atom stereocenters. The molecule has 1 aromatic carbocycles. The smallest absolute Gasteiger partial charge is 0.263 e. The average Bonchev–Trinajstić information content (AvgIpc) is 3.02. The molecule has 0 aliphatic carbocycles. The Morgan fingerprint density at radius 2 is 2.12 bits per heavy atom. The van der Waals surface area contributed by atoms with E-state index in [1.807, 2.05) is 38.1 Å². The molecule has 0 bridgehead atoms. The molecule has 1 amide bonds. The van der Waals surface area contributed by atoms with Crippen LogP contribution in [0.4, 0.5) is 0 Å². The van der Waals surface area contributed by atoms with E-state index in [2.05, 4.69) is 4.90 Å². The van der Waals surface area contributed by atoms with Crippen LogP contribution in [0, 0.1) is 0 Å². The predicted molar refractivity (Wildman–Crippen MR) is 90.6 cm³/mol. The second-order valence-corrected chi connectivity index (χ2v) is 6.72. The number of ether oxygens (including phenoxy) is 3. The first-order chi connectivity index (χ1) is 11.5. The van der Waals surface area contributed by atoms with E-state index >= 15 is 0 Å². The number of fused-ring (bicyclic) bond motifs is 1. The molecule has 0 N–H and O–H groups in total. The molecule has 6 heteroatoms. The van der Waals surface area contributed by atoms with Crippen LogP contribution >= 0.6 is 0 Å². The van der Waals surface area contributed by atoms with Crippen LogP contribution in [0.15, 0.2) is 18.2 Å². The second kappa shape index (κ2) is 7.30. The summed E-state index contributed by atoms with van der Waals surface area (Å²) in [5.41, 5.74) is 0. The van der Waals surface area contributed by atoms with Crippen LogP contribution in [0.25, 0.3) is 0 Å². The molecule has 1 saturated heterocycles. The van der Waals surface area contributed by atoms with Gasteiger partial charge >= 0.3 is 0 Å². The zero-order chi connectivity index (χ0) is 17.1. The summed E-state index contributed by atoms with van der Waals surface area (Å²) in [4.78, 5) is 17.0. The van der Waals surface area contributed by atoms with E-state index in [-0.39, 0.29) is 18.7 Å². The second-order valence-electron chi connectivity index (χ2n) is 6.72. The third-order valence-electron chi connectivity index (χ3n) is 4.49. The van der Waals surface area contributed by atoms with Crippen molar-refractivity contribution < 1.29 is 19.0 Å². The lowest BCUT2D eigenvalue weighted by molar-refractivity contribution is -0.142. The lowest BCUT2D eigenvalue weighted by Crippen LogP contribution is -2.52. The van der Waals surface area contributed by atoms with Crippen LogP contribution in [0.2, 0.25) is 0 Å². The molecule has 1 fully saturated rings. The number of hydrogen-bond acceptors (Lipinski definition) is 5. The Labute approximate surface area is 143 Å². The molecule has 0 radical (unpaired) electrons. The molecule has 132 valence electrons. The molecule has 0 aromatic heterocycles. The molecular formula is C18H26N2O4. The van der Waals surface area contributed by atoms with Crippen molar-refractivity contribution >= 4 is 5.91 Å². The fraction of sp³-hybridized carbons (Fsp3) is 0.611. The van der Waals surface area contributed by atoms with Gasteiger partial charge in [0.25, 0.3) is 5.91 Å². The van der Waals surface area contributed by atoms with Gasteiger partial charge in [0.05, 0.1) is 0 Å². The van der Waals surface area contributed by atoms with Crippen LogP contribution < -0.4 is 14.2 Å². The molecule has 3 rings (SSSR count). The maximum atomic E-state index is 12.9. The predicted octanol–water partition coefficient (Wildman–Crippen LogP) is 2.13. The maximum absolute atomic E-state index is 12.9. The van der Waals surface area contributed by atoms with Gasteiger partial charge in [-0.25, -0.2) is 0 Å². The Morgan fingerprint density at radius 1 is 1.33 bits per heavy atom. The summed E-state index contributed by atoms with van der Waals surface area (Å²) in [6, 6.07) is 5.67. The number of carbonyl (C=O) groups excluding carboxylic acids is 1. The Kier molecular flexibility index (Phi) is 5.14. The number of carbonyl (C=O) groups is 1. The molecule has 1 aromatic rings. The van der Waals surface area contributed by atoms with Gasteiger partial charge in [0.1, 0.15) is 5.75 Å². The Hall–Kier alpha value is -1.95. The van der Waals surface area contributed by atoms with Crippen molar-refractivity contribution in [3.63, 3.8) is 0 Å². The summed E-state index contributed by atoms with van der Waals surface area (Å²) in [5, 5.41) is 0. The summed E-state index contributed by atoms with van der Waals surface area (Å²) in [7, 11) is 4.09. The molecule has 0 saturated carbocycles. The minimum atomic E-state index is -0.520. The number of likely N-dealkylation sites (tertiary alicyclic amines) is 1. The van der Waals surface area contributed by atoms with Crippen LogP contribution in [-0.2, 0) is 4.79 Å². The first-order valence-electron chi connectivity index (χ1n) is 8.56. The van der Waals surface area contributed by atoms with Crippen molar-refractivity contribution in [2.45, 2.75) is 38.3 Å². The molecule has 6 nitrogen and oxygen atoms in total. The molecule has 0 spiro atoms. The lowest BCUT2D eigenvalue weighted by atomic mass is 10.0. The minimum absolute atomic E-state index is 0.0548. The zero-order valence-corrected chi connectivity index (χ0v) is 14.7. The van der Waals surface area contributed by atoms with Crippen LogP contribution in [0.3, 0.4) is 0 Å². The van der Waals surface area contributed by atoms with Gasteiger partial charge in [0, 0.05) is 25.2 Å². The van der Waals surface area contributed by atoms with Crippen LogP contribution in [0.5, 0.6) is 17.2 Å². The highest BCUT2D eigenvalue weighted by atomic mass is 16.7. The number of benzene rings is 1. The number of hydrogen-bond donors (Lipinski definition) is 0. The highest BCUT2D eigenvalue weighted by Gasteiger charge is 2.31. The molecule has 2 heterocycles. The Bertz CT molecular complexity index is 590. The summed E-state index contributed by atoms with van der Waals surface area (Å²) in [6.07, 6.45) is 2.78. The standard InChI is InChI=1S/C18H26N2O4/c1-13(24-15-7-8-16-17(10-15)23-12-22-16)18(21)20-9-5-4-6-14(20)11-19(2)3/h7-8,10,13-14H,4-6,9,11-12H2,1-3H3/t13-,14+/m0/s1. The van der Waals surface area contributed by atoms with Gasteiger partial charge in [0.15, 0.2) is 17.6 Å². The topological polar surface area (TPSA) is 51.2 Å². The first kappa shape index (κ1) is 16.9. The quantitative estimate of drug-likeness (QED) is 0.826. The Morgan fingerprint density at radius 3 is 2.92 bits per heavy atom. The van der Waals surface area contributed by atoms with Crippen molar-refractivity contribution in [3.05, 3.63) is 18.2 Å². The van der Waals surface area contributed by atoms with E-state index in [1.165, 1.54) is 6.42 Å². The summed E-state index contributed by atoms with van der Waals surface area (Å²) < 4.78 is 16.5. The van der Waals surface area contributed by atoms with Gasteiger partial charge in [-0.05, 0) is 52.4 Å². The third kappa shape index (κ3) is 3.75. The lowest BCUT2D eigenvalue weighted by Gasteiger charge is -2.38. The monoisotopic (exact) mass is 334 g/mol. The fourth-order valence-corrected chi connectivity index (χ4v) is 3.34. The minimum Gasteiger partial charge on any atom is -0.481 e. The van der Waals surface area contributed by atoms with Crippen molar-refractivity contribution in [1.82, 2.24) is 9.80 Å². The van der Waals surface area contributed by atoms with E-state index in [1.54, 1.807) is 6.07 Å². The molecule has 24 heavy (non-hydrogen) atoms. The Balaban J connectivity index is 1.64. The number of rotatable bonds is 5. The van der Waals surface area contributed by atoms with E-state index in [0.717, 1.165) is 25.9 Å². The molecule has 2 atom stereocenters. The first-order valence-corrected chi connectivity index (χ1v) is 8.56. The molecule has 2 aliphatic heterocycles. The van der Waals surface area contributed by atoms with E-state index in [0.29, 0.717) is 17.2 Å². The zero-order valence-electron chi connectivity index (χ0n) is 14.7. The number of amides is 1. The summed E-state index contributed by atoms with van der Waals surface area (Å²) in [6.45, 7) is 3.75. The van der Waals surface area contributed by atoms with Gasteiger partial charge in [0.2, 0.25) is 6.79 Å². The van der Waals surface area contributed by atoms with Crippen LogP contribution in [-0.4, -0.2) is 61.8 Å². The summed E-state index contributed by atoms with van der Waals surface area (Å²) in [5.74, 6) is 2.06. The van der Waals surface area contributed by atoms with Crippen molar-refractivity contribution in [3.8, 4) is 17.2 Å². The van der Waals surface area contributed by atoms with E-state index in [9.17, 15) is 4.79 Å². The average molecular weight is 334 g/mol. The van der Waals surface area contributed by atoms with Crippen molar-refractivity contribution in [1.29, 1.82) is 0 Å². The van der Waals surface area contributed by atoms with Gasteiger partial charge in [-0.1, -0.05) is 0 Å². The molecular weight excluding hydrogens is 308 g/mol. The fourth-order valence-electron chi connectivity index (χ4n) is 3.34. The van der Waals surface area contributed by atoms with E-state index < -0.39 is 6.10 Å². The third-order valence-corrected chi connectivity index (χ3v) is 4.49. The van der Waals surface area contributed by atoms with Crippen LogP contribution in [0.1, 0.15) is 26.2 Å². The largest absolute Gasteiger partial charge is 0.481 e. The van der Waals surface area contributed by atoms with Gasteiger partial charge in [-0.15, -0.1) is 0 Å². The molecule has 2 aliphatic rings. The SMILES string of the molecule is C[C@H](Oc1ccc2c(c1)OCO2)C(=O)N1CCCC[C@@H]1CN(C)C. The van der Waals surface area contributed by atoms with Crippen molar-refractivity contribution in [2.75, 3.05) is 34.0 Å². The maximum Gasteiger partial charge on any atom is 0.263 e. The highest BCUT2D eigenvalue weighted by molar-refractivity contribution is 5.81. The van der Waals surface area contributed by atoms with E-state index in [4.69, 9.17) is 14.2 Å². The number of piperidine rings is 1. The highest BCUT2D eigenvalue weighted by Crippen LogP contribution is 2.35. The van der Waals surface area contributed by atoms with Crippen molar-refractivity contribution in [2.24, 2.45) is 0 Å². The van der Waals surface area contributed by atoms with Gasteiger partial charge < -0.3 is 24.0 Å². The van der Waals surface area contributed by atoms with Gasteiger partial charge in [-0.2, -0.15) is 0 Å². The normalized spacial score (nSPS) is 21.0. The number of likely N-dealkylation sites (N-methyl/N-ethyl adjacent to an activating group) is 1. The summed E-state index contributed by atoms with van der Waals surface area (Å²) >= 11 is 0. The number of nitrogens with zero attached hydrogens (tertiary/aromatic N) is 2. The van der Waals surface area contributed by atoms with Gasteiger partial charge in [-0.3, -0.25) is 4.79 Å².